The van der Waals surface area contributed by atoms with Gasteiger partial charge in [0.25, 0.3) is 0 Å². The molecule has 0 aromatic rings. The lowest BCUT2D eigenvalue weighted by Crippen LogP contribution is -2.44. The van der Waals surface area contributed by atoms with Crippen molar-refractivity contribution in [1.82, 2.24) is 5.32 Å². The summed E-state index contributed by atoms with van der Waals surface area (Å²) in [6, 6.07) is -0.986. The maximum absolute atomic E-state index is 11.3. The second-order valence-electron chi connectivity index (χ2n) is 2.87. The van der Waals surface area contributed by atoms with Gasteiger partial charge in [-0.25, -0.2) is 4.79 Å². The number of amides is 1. The fourth-order valence-corrected chi connectivity index (χ4v) is 1.56. The van der Waals surface area contributed by atoms with Crippen LogP contribution in [0, 0.1) is 0 Å². The highest BCUT2D eigenvalue weighted by Gasteiger charge is 2.19. The van der Waals surface area contributed by atoms with Crippen LogP contribution in [-0.2, 0) is 19.1 Å². The minimum Gasteiger partial charge on any atom is -0.467 e. The van der Waals surface area contributed by atoms with Crippen LogP contribution in [-0.4, -0.2) is 62.0 Å². The summed E-state index contributed by atoms with van der Waals surface area (Å²) in [6.45, 7) is 0.0968. The molecular weight excluding hydrogens is 234 g/mol. The van der Waals surface area contributed by atoms with E-state index in [1.54, 1.807) is 7.11 Å². The molecule has 0 fully saturated rings. The van der Waals surface area contributed by atoms with Gasteiger partial charge in [0.15, 0.2) is 6.04 Å². The van der Waals surface area contributed by atoms with Crippen LogP contribution < -0.4 is 5.32 Å². The molecule has 2 N–H and O–H groups in total. The Kier molecular flexibility index (Phi) is 8.97. The third-order valence-electron chi connectivity index (χ3n) is 1.67. The van der Waals surface area contributed by atoms with E-state index in [0.717, 1.165) is 0 Å². The normalized spacial score (nSPS) is 11.9. The first-order valence-electron chi connectivity index (χ1n) is 4.70. The van der Waals surface area contributed by atoms with E-state index in [1.165, 1.54) is 18.9 Å². The Morgan fingerprint density at radius 2 is 2.12 bits per heavy atom. The molecule has 0 aliphatic carbocycles. The molecule has 0 bridgehead atoms. The second-order valence-corrected chi connectivity index (χ2v) is 3.98. The molecule has 0 rings (SSSR count). The average Bonchev–Trinajstić information content (AvgIpc) is 2.30. The van der Waals surface area contributed by atoms with Gasteiger partial charge in [0, 0.05) is 12.9 Å². The van der Waals surface area contributed by atoms with Gasteiger partial charge in [0.05, 0.1) is 26.1 Å². The monoisotopic (exact) mass is 251 g/mol. The Bertz CT molecular complexity index is 224. The van der Waals surface area contributed by atoms with Crippen molar-refractivity contribution < 1.29 is 24.2 Å². The molecule has 7 heteroatoms. The summed E-state index contributed by atoms with van der Waals surface area (Å²) in [5, 5.41) is 11.2. The van der Waals surface area contributed by atoms with Crippen LogP contribution >= 0.6 is 11.8 Å². The van der Waals surface area contributed by atoms with Crippen molar-refractivity contribution >= 4 is 23.6 Å². The summed E-state index contributed by atoms with van der Waals surface area (Å²) in [7, 11) is 2.78. The zero-order valence-electron chi connectivity index (χ0n) is 9.39. The van der Waals surface area contributed by atoms with E-state index in [2.05, 4.69) is 10.1 Å². The van der Waals surface area contributed by atoms with E-state index in [1.807, 2.05) is 0 Å². The number of rotatable bonds is 8. The van der Waals surface area contributed by atoms with Crippen LogP contribution in [0.1, 0.15) is 0 Å². The molecule has 1 atom stereocenters. The number of carbonyl (C=O) groups excluding carboxylic acids is 2. The fraction of sp³-hybridized carbons (Fsp3) is 0.778. The van der Waals surface area contributed by atoms with Crippen molar-refractivity contribution in [2.75, 3.05) is 38.9 Å². The highest BCUT2D eigenvalue weighted by Crippen LogP contribution is 1.99. The third-order valence-corrected chi connectivity index (χ3v) is 2.59. The quantitative estimate of drug-likeness (QED) is 0.426. The molecule has 0 radical (unpaired) electrons. The third kappa shape index (κ3) is 6.65. The Labute approximate surface area is 98.7 Å². The van der Waals surface area contributed by atoms with Gasteiger partial charge in [-0.1, -0.05) is 0 Å². The number of nitrogens with one attached hydrogen (secondary N) is 1. The summed E-state index contributed by atoms with van der Waals surface area (Å²) in [6.07, 6.45) is 0. The lowest BCUT2D eigenvalue weighted by Gasteiger charge is -2.13. The molecule has 6 nitrogen and oxygen atoms in total. The summed E-state index contributed by atoms with van der Waals surface area (Å²) in [5.41, 5.74) is 0. The first-order chi connectivity index (χ1) is 7.65. The molecule has 0 saturated carbocycles. The number of hydrogen-bond acceptors (Lipinski definition) is 6. The van der Waals surface area contributed by atoms with Crippen molar-refractivity contribution in [1.29, 1.82) is 0 Å². The Balaban J connectivity index is 3.79. The predicted molar refractivity (Wildman–Crippen MR) is 60.2 cm³/mol. The zero-order chi connectivity index (χ0) is 12.4. The van der Waals surface area contributed by atoms with Gasteiger partial charge >= 0.3 is 5.97 Å². The van der Waals surface area contributed by atoms with Gasteiger partial charge in [-0.05, 0) is 0 Å². The van der Waals surface area contributed by atoms with Gasteiger partial charge in [0.1, 0.15) is 0 Å². The zero-order valence-corrected chi connectivity index (χ0v) is 10.2. The van der Waals surface area contributed by atoms with Gasteiger partial charge in [-0.3, -0.25) is 4.79 Å². The largest absolute Gasteiger partial charge is 0.467 e. The molecule has 0 aliphatic heterocycles. The number of hydrogen-bond donors (Lipinski definition) is 2. The molecule has 0 aromatic heterocycles. The number of carbonyl (C=O) groups is 2. The van der Waals surface area contributed by atoms with Gasteiger partial charge < -0.3 is 19.9 Å². The average molecular weight is 251 g/mol. The van der Waals surface area contributed by atoms with Crippen LogP contribution in [0.3, 0.4) is 0 Å². The van der Waals surface area contributed by atoms with Crippen LogP contribution in [0.2, 0.25) is 0 Å². The highest BCUT2D eigenvalue weighted by molar-refractivity contribution is 7.99. The summed E-state index contributed by atoms with van der Waals surface area (Å²) >= 11 is 1.39. The molecule has 94 valence electrons. The minimum atomic E-state index is -0.986. The van der Waals surface area contributed by atoms with Crippen molar-refractivity contribution in [2.45, 2.75) is 6.04 Å². The molecule has 1 amide bonds. The van der Waals surface area contributed by atoms with E-state index in [-0.39, 0.29) is 11.7 Å². The number of aliphatic hydroxyl groups excluding tert-OH is 1. The van der Waals surface area contributed by atoms with E-state index in [9.17, 15) is 9.59 Å². The van der Waals surface area contributed by atoms with Crippen LogP contribution in [0.25, 0.3) is 0 Å². The number of aliphatic hydroxyl groups is 1. The van der Waals surface area contributed by atoms with Gasteiger partial charge in [0.2, 0.25) is 5.91 Å². The SMILES string of the molecule is COCCSCC(=O)NC(CO)C(=O)OC. The molecule has 16 heavy (non-hydrogen) atoms. The Morgan fingerprint density at radius 3 is 2.62 bits per heavy atom. The van der Waals surface area contributed by atoms with Gasteiger partial charge in [-0.2, -0.15) is 0 Å². The van der Waals surface area contributed by atoms with Gasteiger partial charge in [-0.15, -0.1) is 11.8 Å². The first kappa shape index (κ1) is 15.2. The number of esters is 1. The number of ether oxygens (including phenoxy) is 2. The topological polar surface area (TPSA) is 84.9 Å². The van der Waals surface area contributed by atoms with E-state index in [0.29, 0.717) is 12.4 Å². The lowest BCUT2D eigenvalue weighted by molar-refractivity contribution is -0.145. The smallest absolute Gasteiger partial charge is 0.330 e. The lowest BCUT2D eigenvalue weighted by atomic mass is 10.3. The molecular formula is C9H17NO5S. The second kappa shape index (κ2) is 9.44. The van der Waals surface area contributed by atoms with Crippen molar-refractivity contribution in [3.05, 3.63) is 0 Å². The van der Waals surface area contributed by atoms with Crippen LogP contribution in [0.15, 0.2) is 0 Å². The Morgan fingerprint density at radius 1 is 1.44 bits per heavy atom. The standard InChI is InChI=1S/C9H17NO5S/c1-14-3-4-16-6-8(12)10-7(5-11)9(13)15-2/h7,11H,3-6H2,1-2H3,(H,10,12). The molecule has 0 heterocycles. The summed E-state index contributed by atoms with van der Waals surface area (Å²) < 4.78 is 9.22. The molecule has 0 saturated heterocycles. The molecule has 1 unspecified atom stereocenters. The van der Waals surface area contributed by atoms with E-state index < -0.39 is 18.6 Å². The van der Waals surface area contributed by atoms with E-state index >= 15 is 0 Å². The molecule has 0 spiro atoms. The fourth-order valence-electron chi connectivity index (χ4n) is 0.864. The predicted octanol–water partition coefficient (Wildman–Crippen LogP) is -0.984. The van der Waals surface area contributed by atoms with Crippen molar-refractivity contribution in [3.63, 3.8) is 0 Å². The number of methoxy groups -OCH3 is 2. The first-order valence-corrected chi connectivity index (χ1v) is 5.85. The summed E-state index contributed by atoms with van der Waals surface area (Å²) in [5.74, 6) is -0.0497. The number of thioether (sulfide) groups is 1. The van der Waals surface area contributed by atoms with Crippen LogP contribution in [0.4, 0.5) is 0 Å². The highest BCUT2D eigenvalue weighted by atomic mass is 32.2. The van der Waals surface area contributed by atoms with Crippen molar-refractivity contribution in [2.24, 2.45) is 0 Å². The van der Waals surface area contributed by atoms with E-state index in [4.69, 9.17) is 9.84 Å². The molecule has 0 aliphatic rings. The van der Waals surface area contributed by atoms with Crippen LogP contribution in [0.5, 0.6) is 0 Å². The molecule has 0 aromatic carbocycles. The Hall–Kier alpha value is -0.790. The maximum Gasteiger partial charge on any atom is 0.330 e. The summed E-state index contributed by atoms with van der Waals surface area (Å²) in [4.78, 5) is 22.3. The minimum absolute atomic E-state index is 0.219. The maximum atomic E-state index is 11.3. The van der Waals surface area contributed by atoms with Crippen molar-refractivity contribution in [3.8, 4) is 0 Å².